The smallest absolute Gasteiger partial charge is 0.305 e. The van der Waals surface area contributed by atoms with Gasteiger partial charge in [0.1, 0.15) is 0 Å². The molecule has 2 N–H and O–H groups in total. The molecule has 0 amide bonds. The van der Waals surface area contributed by atoms with E-state index in [1.165, 1.54) is 16.4 Å². The van der Waals surface area contributed by atoms with Crippen molar-refractivity contribution >= 4 is 17.7 Å². The number of ether oxygens (including phenoxy) is 1. The molecule has 0 atom stereocenters. The van der Waals surface area contributed by atoms with Crippen LogP contribution in [-0.4, -0.2) is 33.2 Å². The molecule has 19 heavy (non-hydrogen) atoms. The summed E-state index contributed by atoms with van der Waals surface area (Å²) in [6.07, 6.45) is 1.16. The Kier molecular flexibility index (Phi) is 5.65. The Morgan fingerprint density at radius 2 is 2.11 bits per heavy atom. The minimum Gasteiger partial charge on any atom is -0.466 e. The highest BCUT2D eigenvalue weighted by Gasteiger charge is 2.22. The minimum absolute atomic E-state index is 0.133. The molecule has 0 saturated heterocycles. The standard InChI is InChI=1S/C12H22N4O2S/c1-5-18-9(17)7-6-8-19-11-15-14-10(16(11)13)12(2,3)4/h5-8,13H2,1-4H3. The third-order valence-corrected chi connectivity index (χ3v) is 3.43. The summed E-state index contributed by atoms with van der Waals surface area (Å²) in [5.74, 6) is 7.31. The Hall–Kier alpha value is -1.24. The zero-order valence-corrected chi connectivity index (χ0v) is 12.8. The SMILES string of the molecule is CCOC(=O)CCCSc1nnc(C(C)(C)C)n1N. The van der Waals surface area contributed by atoms with Crippen LogP contribution >= 0.6 is 11.8 Å². The highest BCUT2D eigenvalue weighted by Crippen LogP contribution is 2.23. The van der Waals surface area contributed by atoms with Crippen LogP contribution < -0.4 is 5.84 Å². The van der Waals surface area contributed by atoms with E-state index >= 15 is 0 Å². The molecule has 0 saturated carbocycles. The summed E-state index contributed by atoms with van der Waals surface area (Å²) in [5, 5.41) is 8.85. The van der Waals surface area contributed by atoms with Crippen molar-refractivity contribution in [3.05, 3.63) is 5.82 Å². The molecule has 0 aliphatic carbocycles. The molecule has 0 aliphatic heterocycles. The zero-order chi connectivity index (χ0) is 14.5. The quantitative estimate of drug-likeness (QED) is 0.371. The van der Waals surface area contributed by atoms with Crippen LogP contribution in [-0.2, 0) is 14.9 Å². The van der Waals surface area contributed by atoms with Crippen molar-refractivity contribution in [3.63, 3.8) is 0 Å². The summed E-state index contributed by atoms with van der Waals surface area (Å²) >= 11 is 1.50. The normalized spacial score (nSPS) is 11.6. The van der Waals surface area contributed by atoms with E-state index in [4.69, 9.17) is 10.6 Å². The average Bonchev–Trinajstić information content (AvgIpc) is 2.66. The van der Waals surface area contributed by atoms with Crippen LogP contribution in [0.25, 0.3) is 0 Å². The van der Waals surface area contributed by atoms with E-state index in [0.717, 1.165) is 18.0 Å². The largest absolute Gasteiger partial charge is 0.466 e. The van der Waals surface area contributed by atoms with Gasteiger partial charge in [0.2, 0.25) is 5.16 Å². The first-order chi connectivity index (χ1) is 8.86. The predicted molar refractivity (Wildman–Crippen MR) is 75.5 cm³/mol. The van der Waals surface area contributed by atoms with Gasteiger partial charge in [-0.2, -0.15) is 0 Å². The Bertz CT molecular complexity index is 426. The van der Waals surface area contributed by atoms with Crippen LogP contribution in [0.5, 0.6) is 0 Å². The molecule has 1 aromatic heterocycles. The number of carbonyl (C=O) groups is 1. The molecule has 6 nitrogen and oxygen atoms in total. The fourth-order valence-corrected chi connectivity index (χ4v) is 2.30. The summed E-state index contributed by atoms with van der Waals surface area (Å²) in [6, 6.07) is 0. The van der Waals surface area contributed by atoms with Crippen LogP contribution in [0.15, 0.2) is 5.16 Å². The number of hydrogen-bond acceptors (Lipinski definition) is 6. The Morgan fingerprint density at radius 3 is 2.63 bits per heavy atom. The highest BCUT2D eigenvalue weighted by molar-refractivity contribution is 7.99. The summed E-state index contributed by atoms with van der Waals surface area (Å²) in [6.45, 7) is 8.34. The first kappa shape index (κ1) is 15.8. The third-order valence-electron chi connectivity index (χ3n) is 2.40. The lowest BCUT2D eigenvalue weighted by molar-refractivity contribution is -0.143. The second-order valence-corrected chi connectivity index (χ2v) is 6.25. The molecule has 0 aliphatic rings. The van der Waals surface area contributed by atoms with E-state index < -0.39 is 0 Å². The molecule has 0 radical (unpaired) electrons. The van der Waals surface area contributed by atoms with Crippen molar-refractivity contribution in [2.75, 3.05) is 18.2 Å². The Morgan fingerprint density at radius 1 is 1.42 bits per heavy atom. The number of esters is 1. The van der Waals surface area contributed by atoms with Gasteiger partial charge in [0, 0.05) is 17.6 Å². The molecule has 0 bridgehead atoms. The van der Waals surface area contributed by atoms with Crippen molar-refractivity contribution in [2.45, 2.75) is 51.1 Å². The monoisotopic (exact) mass is 286 g/mol. The molecule has 0 aromatic carbocycles. The van der Waals surface area contributed by atoms with Crippen LogP contribution in [0.1, 0.15) is 46.4 Å². The van der Waals surface area contributed by atoms with E-state index in [0.29, 0.717) is 18.2 Å². The lowest BCUT2D eigenvalue weighted by atomic mass is 9.96. The van der Waals surface area contributed by atoms with Gasteiger partial charge in [0.05, 0.1) is 6.61 Å². The van der Waals surface area contributed by atoms with Crippen LogP contribution in [0.4, 0.5) is 0 Å². The van der Waals surface area contributed by atoms with Gasteiger partial charge in [0.25, 0.3) is 0 Å². The number of rotatable bonds is 6. The number of hydrogen-bond donors (Lipinski definition) is 1. The Labute approximate surface area is 118 Å². The van der Waals surface area contributed by atoms with Gasteiger partial charge in [0.15, 0.2) is 5.82 Å². The van der Waals surface area contributed by atoms with Crippen molar-refractivity contribution in [2.24, 2.45) is 0 Å². The summed E-state index contributed by atoms with van der Waals surface area (Å²) < 4.78 is 6.38. The molecule has 108 valence electrons. The number of aromatic nitrogens is 3. The summed E-state index contributed by atoms with van der Waals surface area (Å²) in [4.78, 5) is 11.2. The molecule has 1 aromatic rings. The van der Waals surface area contributed by atoms with Crippen molar-refractivity contribution in [1.29, 1.82) is 0 Å². The van der Waals surface area contributed by atoms with Gasteiger partial charge >= 0.3 is 5.97 Å². The second kappa shape index (κ2) is 6.79. The van der Waals surface area contributed by atoms with E-state index in [-0.39, 0.29) is 11.4 Å². The minimum atomic E-state index is -0.160. The molecule has 1 heterocycles. The van der Waals surface area contributed by atoms with E-state index in [9.17, 15) is 4.79 Å². The molecule has 1 rings (SSSR count). The van der Waals surface area contributed by atoms with E-state index in [1.807, 2.05) is 20.8 Å². The lowest BCUT2D eigenvalue weighted by Crippen LogP contribution is -2.24. The molecular weight excluding hydrogens is 264 g/mol. The van der Waals surface area contributed by atoms with Gasteiger partial charge in [-0.3, -0.25) is 4.79 Å². The van der Waals surface area contributed by atoms with Crippen LogP contribution in [0.2, 0.25) is 0 Å². The Balaban J connectivity index is 2.43. The van der Waals surface area contributed by atoms with Gasteiger partial charge in [-0.05, 0) is 13.3 Å². The van der Waals surface area contributed by atoms with Crippen molar-refractivity contribution in [1.82, 2.24) is 14.9 Å². The number of nitrogens with two attached hydrogens (primary N) is 1. The molecule has 0 spiro atoms. The van der Waals surface area contributed by atoms with Gasteiger partial charge in [-0.25, -0.2) is 4.68 Å². The van der Waals surface area contributed by atoms with E-state index in [1.54, 1.807) is 6.92 Å². The maximum Gasteiger partial charge on any atom is 0.305 e. The average molecular weight is 286 g/mol. The maximum absolute atomic E-state index is 11.2. The number of nitrogen functional groups attached to an aromatic ring is 1. The fraction of sp³-hybridized carbons (Fsp3) is 0.750. The van der Waals surface area contributed by atoms with Gasteiger partial charge < -0.3 is 10.6 Å². The van der Waals surface area contributed by atoms with Gasteiger partial charge in [-0.15, -0.1) is 10.2 Å². The maximum atomic E-state index is 11.2. The molecule has 0 fully saturated rings. The van der Waals surface area contributed by atoms with Crippen molar-refractivity contribution in [3.8, 4) is 0 Å². The number of thioether (sulfide) groups is 1. The summed E-state index contributed by atoms with van der Waals surface area (Å²) in [7, 11) is 0. The number of carbonyl (C=O) groups excluding carboxylic acids is 1. The summed E-state index contributed by atoms with van der Waals surface area (Å²) in [5.41, 5.74) is -0.133. The first-order valence-electron chi connectivity index (χ1n) is 6.35. The molecule has 0 unspecified atom stereocenters. The van der Waals surface area contributed by atoms with Crippen molar-refractivity contribution < 1.29 is 9.53 Å². The topological polar surface area (TPSA) is 83.0 Å². The third kappa shape index (κ3) is 4.74. The lowest BCUT2D eigenvalue weighted by Gasteiger charge is -2.16. The first-order valence-corrected chi connectivity index (χ1v) is 7.34. The van der Waals surface area contributed by atoms with E-state index in [2.05, 4.69) is 10.2 Å². The highest BCUT2D eigenvalue weighted by atomic mass is 32.2. The number of nitrogens with zero attached hydrogens (tertiary/aromatic N) is 3. The second-order valence-electron chi connectivity index (χ2n) is 5.18. The van der Waals surface area contributed by atoms with Gasteiger partial charge in [-0.1, -0.05) is 32.5 Å². The van der Waals surface area contributed by atoms with Crippen LogP contribution in [0.3, 0.4) is 0 Å². The molecule has 7 heteroatoms. The molecular formula is C12H22N4O2S. The predicted octanol–water partition coefficient (Wildman–Crippen LogP) is 1.72. The fourth-order valence-electron chi connectivity index (χ4n) is 1.50. The van der Waals surface area contributed by atoms with Crippen LogP contribution in [0, 0.1) is 0 Å². The zero-order valence-electron chi connectivity index (χ0n) is 12.0.